The van der Waals surface area contributed by atoms with Crippen molar-refractivity contribution in [1.82, 2.24) is 4.72 Å². The lowest BCUT2D eigenvalue weighted by Crippen LogP contribution is -2.30. The quantitative estimate of drug-likeness (QED) is 0.667. The zero-order valence-electron chi connectivity index (χ0n) is 18.0. The van der Waals surface area contributed by atoms with E-state index in [1.165, 1.54) is 22.5 Å². The number of benzene rings is 2. The minimum Gasteiger partial charge on any atom is -0.322 e. The normalized spacial score (nSPS) is 18.3. The van der Waals surface area contributed by atoms with Crippen LogP contribution in [0.5, 0.6) is 0 Å². The molecule has 0 radical (unpaired) electrons. The molecule has 0 atom stereocenters. The van der Waals surface area contributed by atoms with E-state index in [-0.39, 0.29) is 16.2 Å². The van der Waals surface area contributed by atoms with Crippen molar-refractivity contribution < 1.29 is 21.6 Å². The number of nitrogens with one attached hydrogen (secondary N) is 2. The van der Waals surface area contributed by atoms with Gasteiger partial charge >= 0.3 is 0 Å². The van der Waals surface area contributed by atoms with Crippen LogP contribution in [-0.4, -0.2) is 47.4 Å². The molecule has 9 nitrogen and oxygen atoms in total. The predicted octanol–water partition coefficient (Wildman–Crippen LogP) is 2.73. The molecule has 0 aliphatic carbocycles. The van der Waals surface area contributed by atoms with E-state index in [0.717, 1.165) is 19.3 Å². The summed E-state index contributed by atoms with van der Waals surface area (Å²) in [5.74, 6) is 0.0743. The number of amidine groups is 1. The Kier molecular flexibility index (Phi) is 6.71. The summed E-state index contributed by atoms with van der Waals surface area (Å²) in [6.45, 7) is 0.983. The zero-order valence-corrected chi connectivity index (χ0v) is 19.7. The van der Waals surface area contributed by atoms with Crippen LogP contribution in [0.4, 0.5) is 11.4 Å². The number of carbonyl (C=O) groups excluding carboxylic acids is 1. The van der Waals surface area contributed by atoms with Crippen molar-refractivity contribution in [3.8, 4) is 0 Å². The third kappa shape index (κ3) is 5.53. The highest BCUT2D eigenvalue weighted by Crippen LogP contribution is 2.25. The van der Waals surface area contributed by atoms with Crippen molar-refractivity contribution in [2.24, 2.45) is 4.99 Å². The van der Waals surface area contributed by atoms with E-state index in [2.05, 4.69) is 15.0 Å². The number of nitrogens with zero attached hydrogens (tertiary/aromatic N) is 2. The first-order valence-corrected chi connectivity index (χ1v) is 13.9. The van der Waals surface area contributed by atoms with Crippen molar-refractivity contribution in [2.45, 2.75) is 37.0 Å². The van der Waals surface area contributed by atoms with E-state index in [1.807, 2.05) is 0 Å². The van der Waals surface area contributed by atoms with E-state index in [9.17, 15) is 21.6 Å². The molecule has 0 bridgehead atoms. The molecule has 2 aliphatic rings. The average molecular weight is 491 g/mol. The molecule has 1 amide bonds. The molecule has 0 spiro atoms. The molecule has 176 valence electrons. The van der Waals surface area contributed by atoms with Crippen molar-refractivity contribution in [1.29, 1.82) is 0 Å². The average Bonchev–Trinajstić information content (AvgIpc) is 2.96. The second-order valence-corrected chi connectivity index (χ2v) is 11.7. The second kappa shape index (κ2) is 9.52. The van der Waals surface area contributed by atoms with E-state index < -0.39 is 26.0 Å². The maximum absolute atomic E-state index is 12.8. The Morgan fingerprint density at radius 3 is 2.61 bits per heavy atom. The number of anilines is 2. The Labute approximate surface area is 194 Å². The van der Waals surface area contributed by atoms with Crippen LogP contribution in [0.2, 0.25) is 0 Å². The number of amides is 1. The van der Waals surface area contributed by atoms with Gasteiger partial charge < -0.3 is 5.32 Å². The number of hydrogen-bond acceptors (Lipinski definition) is 6. The van der Waals surface area contributed by atoms with Crippen molar-refractivity contribution in [3.05, 3.63) is 54.1 Å². The molecule has 33 heavy (non-hydrogen) atoms. The maximum atomic E-state index is 12.8. The summed E-state index contributed by atoms with van der Waals surface area (Å²) < 4.78 is 53.8. The number of aliphatic imine (C=N–C) groups is 1. The molecule has 11 heteroatoms. The Balaban J connectivity index is 1.50. The van der Waals surface area contributed by atoms with Gasteiger partial charge in [0.1, 0.15) is 5.84 Å². The van der Waals surface area contributed by atoms with Crippen LogP contribution in [0.1, 0.15) is 42.5 Å². The van der Waals surface area contributed by atoms with Gasteiger partial charge in [0.15, 0.2) is 0 Å². The highest BCUT2D eigenvalue weighted by molar-refractivity contribution is 7.93. The summed E-state index contributed by atoms with van der Waals surface area (Å²) in [5.41, 5.74) is 1.02. The molecule has 1 saturated heterocycles. The lowest BCUT2D eigenvalue weighted by atomic mass is 10.1. The molecular weight excluding hydrogens is 464 g/mol. The minimum absolute atomic E-state index is 0.0177. The lowest BCUT2D eigenvalue weighted by Gasteiger charge is -2.17. The number of carbonyl (C=O) groups is 1. The molecule has 0 aromatic heterocycles. The second-order valence-electron chi connectivity index (χ2n) is 8.02. The van der Waals surface area contributed by atoms with Gasteiger partial charge in [-0.05, 0) is 55.7 Å². The molecule has 0 saturated carbocycles. The third-order valence-corrected chi connectivity index (χ3v) is 8.77. The standard InChI is InChI=1S/C22H26N4O5S2/c27-22(17-7-4-9-19(15-17)26-13-6-14-32(26,28)29)24-18-8-5-10-20(16-18)33(30,31)25-21-11-2-1-3-12-23-21/h4-5,7-10,15-16H,1-3,6,11-14H2,(H,23,25)(H,24,27). The first kappa shape index (κ1) is 23.2. The van der Waals surface area contributed by atoms with Gasteiger partial charge in [-0.2, -0.15) is 0 Å². The summed E-state index contributed by atoms with van der Waals surface area (Å²) in [6, 6.07) is 12.3. The molecule has 2 aliphatic heterocycles. The molecular formula is C22H26N4O5S2. The van der Waals surface area contributed by atoms with Gasteiger partial charge in [0.05, 0.1) is 16.3 Å². The molecule has 0 unspecified atom stereocenters. The van der Waals surface area contributed by atoms with E-state index in [4.69, 9.17) is 0 Å². The van der Waals surface area contributed by atoms with Crippen LogP contribution in [-0.2, 0) is 20.0 Å². The van der Waals surface area contributed by atoms with Gasteiger partial charge in [-0.3, -0.25) is 18.8 Å². The minimum atomic E-state index is -3.84. The molecule has 2 aromatic rings. The van der Waals surface area contributed by atoms with E-state index >= 15 is 0 Å². The van der Waals surface area contributed by atoms with Crippen molar-refractivity contribution >= 4 is 43.2 Å². The van der Waals surface area contributed by atoms with E-state index in [0.29, 0.717) is 43.1 Å². The smallest absolute Gasteiger partial charge is 0.262 e. The van der Waals surface area contributed by atoms with Gasteiger partial charge in [-0.1, -0.05) is 18.6 Å². The topological polar surface area (TPSA) is 125 Å². The van der Waals surface area contributed by atoms with Crippen LogP contribution in [0.3, 0.4) is 0 Å². The summed E-state index contributed by atoms with van der Waals surface area (Å²) in [7, 11) is -7.20. The maximum Gasteiger partial charge on any atom is 0.262 e. The molecule has 1 fully saturated rings. The number of rotatable bonds is 5. The molecule has 4 rings (SSSR count). The van der Waals surface area contributed by atoms with Crippen molar-refractivity contribution in [2.75, 3.05) is 28.5 Å². The third-order valence-electron chi connectivity index (χ3n) is 5.52. The summed E-state index contributed by atoms with van der Waals surface area (Å²) >= 11 is 0. The van der Waals surface area contributed by atoms with Crippen LogP contribution >= 0.6 is 0 Å². The Hall–Kier alpha value is -2.92. The Morgan fingerprint density at radius 2 is 1.82 bits per heavy atom. The van der Waals surface area contributed by atoms with Gasteiger partial charge in [0.25, 0.3) is 15.9 Å². The summed E-state index contributed by atoms with van der Waals surface area (Å²) in [4.78, 5) is 17.1. The van der Waals surface area contributed by atoms with Crippen LogP contribution in [0, 0.1) is 0 Å². The van der Waals surface area contributed by atoms with Crippen LogP contribution in [0.25, 0.3) is 0 Å². The molecule has 2 heterocycles. The fraction of sp³-hybridized carbons (Fsp3) is 0.364. The Morgan fingerprint density at radius 1 is 1.00 bits per heavy atom. The first-order chi connectivity index (χ1) is 15.7. The van der Waals surface area contributed by atoms with Gasteiger partial charge in [0, 0.05) is 30.8 Å². The summed E-state index contributed by atoms with van der Waals surface area (Å²) in [5, 5.41) is 2.69. The lowest BCUT2D eigenvalue weighted by molar-refractivity contribution is 0.102. The molecule has 2 N–H and O–H groups in total. The van der Waals surface area contributed by atoms with Crippen LogP contribution in [0.15, 0.2) is 58.4 Å². The fourth-order valence-electron chi connectivity index (χ4n) is 3.85. The predicted molar refractivity (Wildman–Crippen MR) is 128 cm³/mol. The summed E-state index contributed by atoms with van der Waals surface area (Å²) in [6.07, 6.45) is 3.97. The molecule has 2 aromatic carbocycles. The number of sulfonamides is 2. The fourth-order valence-corrected chi connectivity index (χ4v) is 6.54. The van der Waals surface area contributed by atoms with Crippen molar-refractivity contribution in [3.63, 3.8) is 0 Å². The monoisotopic (exact) mass is 490 g/mol. The van der Waals surface area contributed by atoms with Crippen LogP contribution < -0.4 is 14.3 Å². The van der Waals surface area contributed by atoms with E-state index in [1.54, 1.807) is 30.3 Å². The van der Waals surface area contributed by atoms with Gasteiger partial charge in [-0.25, -0.2) is 16.8 Å². The highest BCUT2D eigenvalue weighted by Gasteiger charge is 2.28. The first-order valence-electron chi connectivity index (χ1n) is 10.8. The largest absolute Gasteiger partial charge is 0.322 e. The zero-order chi connectivity index (χ0) is 23.5. The SMILES string of the molecule is O=C(Nc1cccc(S(=O)(=O)NC2=NCCCCC2)c1)c1cccc(N2CCCS2(=O)=O)c1. The highest BCUT2D eigenvalue weighted by atomic mass is 32.2. The van der Waals surface area contributed by atoms with Gasteiger partial charge in [-0.15, -0.1) is 0 Å². The Bertz CT molecular complexity index is 1290. The number of hydrogen-bond donors (Lipinski definition) is 2. The van der Waals surface area contributed by atoms with Gasteiger partial charge in [0.2, 0.25) is 10.0 Å².